The summed E-state index contributed by atoms with van der Waals surface area (Å²) in [5.74, 6) is -0.262. The van der Waals surface area contributed by atoms with E-state index in [1.54, 1.807) is 11.0 Å². The molecule has 1 unspecified atom stereocenters. The number of rotatable bonds is 5. The lowest BCUT2D eigenvalue weighted by atomic mass is 10.0. The van der Waals surface area contributed by atoms with Crippen LogP contribution in [0.1, 0.15) is 53.2 Å². The van der Waals surface area contributed by atoms with Crippen molar-refractivity contribution in [1.29, 1.82) is 0 Å². The van der Waals surface area contributed by atoms with E-state index in [9.17, 15) is 14.4 Å². The molecule has 3 amide bonds. The fraction of sp³-hybridized carbons (Fsp3) is 0.500. The van der Waals surface area contributed by atoms with E-state index in [-0.39, 0.29) is 24.3 Å². The number of imide groups is 1. The predicted octanol–water partition coefficient (Wildman–Crippen LogP) is -0.0293. The minimum Gasteiger partial charge on any atom is -0.349 e. The van der Waals surface area contributed by atoms with Crippen LogP contribution in [0.5, 0.6) is 0 Å². The van der Waals surface area contributed by atoms with E-state index in [4.69, 9.17) is 0 Å². The molecule has 2 aromatic rings. The summed E-state index contributed by atoms with van der Waals surface area (Å²) in [5, 5.41) is 21.1. The number of tetrazole rings is 1. The van der Waals surface area contributed by atoms with Crippen molar-refractivity contribution in [2.24, 2.45) is 0 Å². The van der Waals surface area contributed by atoms with Crippen LogP contribution in [-0.4, -0.2) is 62.0 Å². The molecule has 3 N–H and O–H groups in total. The second-order valence-corrected chi connectivity index (χ2v) is 8.12. The number of amides is 3. The summed E-state index contributed by atoms with van der Waals surface area (Å²) in [6, 6.07) is 5.23. The number of nitrogens with zero attached hydrogens (tertiary/aromatic N) is 5. The van der Waals surface area contributed by atoms with E-state index in [1.807, 2.05) is 16.8 Å². The van der Waals surface area contributed by atoms with Gasteiger partial charge in [0.25, 0.3) is 5.91 Å². The molecule has 0 saturated carbocycles. The van der Waals surface area contributed by atoms with Crippen LogP contribution in [-0.2, 0) is 22.7 Å². The van der Waals surface area contributed by atoms with Crippen LogP contribution >= 0.6 is 0 Å². The zero-order valence-corrected chi connectivity index (χ0v) is 17.0. The Morgan fingerprint density at radius 3 is 2.77 bits per heavy atom. The highest BCUT2D eigenvalue weighted by Gasteiger charge is 2.39. The van der Waals surface area contributed by atoms with Crippen molar-refractivity contribution < 1.29 is 14.4 Å². The van der Waals surface area contributed by atoms with Crippen molar-refractivity contribution in [2.75, 3.05) is 18.4 Å². The summed E-state index contributed by atoms with van der Waals surface area (Å²) in [4.78, 5) is 38.3. The molecule has 1 aromatic heterocycles. The Labute approximate surface area is 178 Å². The topological polar surface area (TPSA) is 134 Å². The maximum atomic E-state index is 13.0. The lowest BCUT2D eigenvalue weighted by Gasteiger charge is -2.29. The number of benzene rings is 1. The number of carbonyl (C=O) groups excluding carboxylic acids is 3. The zero-order chi connectivity index (χ0) is 21.4. The Kier molecular flexibility index (Phi) is 5.10. The molecule has 0 radical (unpaired) electrons. The van der Waals surface area contributed by atoms with E-state index in [1.165, 1.54) is 0 Å². The van der Waals surface area contributed by atoms with Crippen LogP contribution in [0.2, 0.25) is 0 Å². The van der Waals surface area contributed by atoms with Gasteiger partial charge in [-0.25, -0.2) is 4.68 Å². The number of fused-ring (bicyclic) bond motifs is 1. The normalized spacial score (nSPS) is 21.9. The van der Waals surface area contributed by atoms with Gasteiger partial charge in [-0.05, 0) is 60.0 Å². The van der Waals surface area contributed by atoms with E-state index in [2.05, 4.69) is 31.5 Å². The maximum Gasteiger partial charge on any atom is 0.255 e. The molecule has 2 saturated heterocycles. The van der Waals surface area contributed by atoms with E-state index in [0.29, 0.717) is 31.0 Å². The average molecular weight is 424 g/mol. The van der Waals surface area contributed by atoms with Gasteiger partial charge in [0.2, 0.25) is 17.8 Å². The molecular weight excluding hydrogens is 400 g/mol. The molecule has 11 heteroatoms. The molecule has 3 aliphatic rings. The summed E-state index contributed by atoms with van der Waals surface area (Å²) >= 11 is 0. The number of hydrogen-bond acceptors (Lipinski definition) is 8. The summed E-state index contributed by atoms with van der Waals surface area (Å²) in [6.45, 7) is 2.69. The predicted molar refractivity (Wildman–Crippen MR) is 109 cm³/mol. The van der Waals surface area contributed by atoms with E-state index in [0.717, 1.165) is 37.1 Å². The Balaban J connectivity index is 1.32. The fourth-order valence-electron chi connectivity index (χ4n) is 4.60. The van der Waals surface area contributed by atoms with E-state index >= 15 is 0 Å². The third kappa shape index (κ3) is 3.65. The molecule has 4 heterocycles. The van der Waals surface area contributed by atoms with E-state index < -0.39 is 11.9 Å². The number of hydrogen-bond donors (Lipinski definition) is 3. The molecule has 2 fully saturated rings. The number of nitrogens with one attached hydrogen (secondary N) is 3. The molecular formula is C20H24N8O3. The molecule has 1 aromatic carbocycles. The minimum absolute atomic E-state index is 0.175. The van der Waals surface area contributed by atoms with Gasteiger partial charge in [0.15, 0.2) is 0 Å². The van der Waals surface area contributed by atoms with Crippen molar-refractivity contribution in [1.82, 2.24) is 35.7 Å². The fourth-order valence-corrected chi connectivity index (χ4v) is 4.60. The molecule has 0 bridgehead atoms. The second-order valence-electron chi connectivity index (χ2n) is 8.12. The van der Waals surface area contributed by atoms with Crippen LogP contribution in [0.3, 0.4) is 0 Å². The first kappa shape index (κ1) is 19.6. The van der Waals surface area contributed by atoms with Crippen LogP contribution in [0.25, 0.3) is 0 Å². The highest BCUT2D eigenvalue weighted by molar-refractivity contribution is 6.05. The SMILES string of the molecule is O=C1CCC(N2Cc3c(CNc4nnnn4C4CCNCC4)cccc3C2=O)C(=O)N1. The van der Waals surface area contributed by atoms with Crippen LogP contribution in [0.15, 0.2) is 18.2 Å². The Bertz CT molecular complexity index is 1030. The van der Waals surface area contributed by atoms with Gasteiger partial charge in [0, 0.05) is 25.1 Å². The van der Waals surface area contributed by atoms with Crippen molar-refractivity contribution in [3.05, 3.63) is 34.9 Å². The van der Waals surface area contributed by atoms with Crippen molar-refractivity contribution in [2.45, 2.75) is 50.9 Å². The van der Waals surface area contributed by atoms with Crippen molar-refractivity contribution in [3.63, 3.8) is 0 Å². The van der Waals surface area contributed by atoms with Gasteiger partial charge in [-0.15, -0.1) is 0 Å². The first-order chi connectivity index (χ1) is 15.1. The summed E-state index contributed by atoms with van der Waals surface area (Å²) < 4.78 is 1.84. The molecule has 0 spiro atoms. The largest absolute Gasteiger partial charge is 0.349 e. The van der Waals surface area contributed by atoms with Crippen molar-refractivity contribution in [3.8, 4) is 0 Å². The monoisotopic (exact) mass is 424 g/mol. The summed E-state index contributed by atoms with van der Waals surface area (Å²) in [5.41, 5.74) is 2.45. The Hall–Kier alpha value is -3.34. The zero-order valence-electron chi connectivity index (χ0n) is 17.0. The molecule has 162 valence electrons. The number of aromatic nitrogens is 4. The van der Waals surface area contributed by atoms with Gasteiger partial charge in [0.1, 0.15) is 6.04 Å². The first-order valence-corrected chi connectivity index (χ1v) is 10.6. The molecule has 11 nitrogen and oxygen atoms in total. The number of piperidine rings is 2. The average Bonchev–Trinajstić information content (AvgIpc) is 3.38. The van der Waals surface area contributed by atoms with Crippen LogP contribution in [0.4, 0.5) is 5.95 Å². The smallest absolute Gasteiger partial charge is 0.255 e. The summed E-state index contributed by atoms with van der Waals surface area (Å²) in [7, 11) is 0. The third-order valence-electron chi connectivity index (χ3n) is 6.26. The van der Waals surface area contributed by atoms with Crippen LogP contribution < -0.4 is 16.0 Å². The number of carbonyl (C=O) groups is 3. The summed E-state index contributed by atoms with van der Waals surface area (Å²) in [6.07, 6.45) is 2.53. The maximum absolute atomic E-state index is 13.0. The molecule has 0 aliphatic carbocycles. The minimum atomic E-state index is -0.620. The lowest BCUT2D eigenvalue weighted by molar-refractivity contribution is -0.136. The van der Waals surface area contributed by atoms with Gasteiger partial charge in [-0.2, -0.15) is 0 Å². The van der Waals surface area contributed by atoms with Gasteiger partial charge < -0.3 is 15.5 Å². The van der Waals surface area contributed by atoms with Gasteiger partial charge in [0.05, 0.1) is 6.04 Å². The van der Waals surface area contributed by atoms with Gasteiger partial charge >= 0.3 is 0 Å². The lowest BCUT2D eigenvalue weighted by Crippen LogP contribution is -2.52. The highest BCUT2D eigenvalue weighted by atomic mass is 16.2. The second kappa shape index (κ2) is 8.06. The standard InChI is InChI=1S/C20H24N8O3/c29-17-5-4-16(18(30)23-17)27-11-15-12(2-1-3-14(15)19(27)31)10-22-20-24-25-26-28(20)13-6-8-21-9-7-13/h1-3,13,16,21H,4-11H2,(H,22,24,26)(H,23,29,30). The molecule has 31 heavy (non-hydrogen) atoms. The highest BCUT2D eigenvalue weighted by Crippen LogP contribution is 2.30. The first-order valence-electron chi connectivity index (χ1n) is 10.6. The van der Waals surface area contributed by atoms with Crippen molar-refractivity contribution >= 4 is 23.7 Å². The van der Waals surface area contributed by atoms with Gasteiger partial charge in [-0.3, -0.25) is 19.7 Å². The van der Waals surface area contributed by atoms with Gasteiger partial charge in [-0.1, -0.05) is 17.2 Å². The number of anilines is 1. The molecule has 5 rings (SSSR count). The quantitative estimate of drug-likeness (QED) is 0.570. The van der Waals surface area contributed by atoms with Crippen LogP contribution in [0, 0.1) is 0 Å². The Morgan fingerprint density at radius 1 is 1.13 bits per heavy atom. The molecule has 1 atom stereocenters. The molecule has 3 aliphatic heterocycles. The third-order valence-corrected chi connectivity index (χ3v) is 6.26. The Morgan fingerprint density at radius 2 is 1.97 bits per heavy atom.